The van der Waals surface area contributed by atoms with Crippen LogP contribution in [0.25, 0.3) is 0 Å². The molecule has 0 bridgehead atoms. The number of allylic oxidation sites excluding steroid dienone is 1. The maximum Gasteiger partial charge on any atom is -0.00747 e. The van der Waals surface area contributed by atoms with E-state index >= 15 is 0 Å². The van der Waals surface area contributed by atoms with Crippen LogP contribution in [0.4, 0.5) is 0 Å². The molecular weight excluding hydrogens is 122 g/mol. The third-order valence-corrected chi connectivity index (χ3v) is 1.76. The average molecular weight is 141 g/mol. The van der Waals surface area contributed by atoms with Crippen LogP contribution >= 0.6 is 0 Å². The van der Waals surface area contributed by atoms with Crippen molar-refractivity contribution < 1.29 is 0 Å². The van der Waals surface area contributed by atoms with Crippen LogP contribution in [0.2, 0.25) is 0 Å². The molecule has 0 aromatic rings. The van der Waals surface area contributed by atoms with Crippen molar-refractivity contribution in [1.82, 2.24) is 0 Å². The number of hydrogen-bond donors (Lipinski definition) is 1. The molecule has 0 amide bonds. The van der Waals surface area contributed by atoms with Gasteiger partial charge in [-0.15, -0.1) is 6.58 Å². The fourth-order valence-corrected chi connectivity index (χ4v) is 1.04. The lowest BCUT2D eigenvalue weighted by Gasteiger charge is -2.07. The van der Waals surface area contributed by atoms with Crippen molar-refractivity contribution in [2.75, 3.05) is 6.54 Å². The van der Waals surface area contributed by atoms with Gasteiger partial charge in [-0.2, -0.15) is 0 Å². The molecule has 0 heterocycles. The molecule has 0 aliphatic heterocycles. The summed E-state index contributed by atoms with van der Waals surface area (Å²) in [5.41, 5.74) is 5.41. The average Bonchev–Trinajstić information content (AvgIpc) is 1.89. The third kappa shape index (κ3) is 5.83. The Morgan fingerprint density at radius 1 is 1.50 bits per heavy atom. The summed E-state index contributed by atoms with van der Waals surface area (Å²) < 4.78 is 0. The second-order valence-corrected chi connectivity index (χ2v) is 2.90. The maximum absolute atomic E-state index is 5.41. The Hall–Kier alpha value is -0.300. The summed E-state index contributed by atoms with van der Waals surface area (Å²) >= 11 is 0. The number of rotatable bonds is 6. The minimum absolute atomic E-state index is 0.796. The van der Waals surface area contributed by atoms with Gasteiger partial charge >= 0.3 is 0 Å². The Morgan fingerprint density at radius 2 is 2.20 bits per heavy atom. The number of unbranched alkanes of at least 4 members (excludes halogenated alkanes) is 1. The van der Waals surface area contributed by atoms with Crippen LogP contribution in [-0.4, -0.2) is 6.54 Å². The fourth-order valence-electron chi connectivity index (χ4n) is 1.04. The molecule has 2 N–H and O–H groups in total. The van der Waals surface area contributed by atoms with Crippen LogP contribution in [0.5, 0.6) is 0 Å². The van der Waals surface area contributed by atoms with Gasteiger partial charge in [0.05, 0.1) is 0 Å². The van der Waals surface area contributed by atoms with Crippen molar-refractivity contribution >= 4 is 0 Å². The van der Waals surface area contributed by atoms with Crippen molar-refractivity contribution in [1.29, 1.82) is 0 Å². The van der Waals surface area contributed by atoms with E-state index in [0.29, 0.717) is 0 Å². The normalized spacial score (nSPS) is 13.0. The van der Waals surface area contributed by atoms with Crippen molar-refractivity contribution in [3.05, 3.63) is 12.7 Å². The first-order valence-electron chi connectivity index (χ1n) is 4.12. The van der Waals surface area contributed by atoms with Gasteiger partial charge in [-0.1, -0.05) is 19.4 Å². The van der Waals surface area contributed by atoms with Gasteiger partial charge in [-0.25, -0.2) is 0 Å². The lowest BCUT2D eigenvalue weighted by atomic mass is 10.0. The van der Waals surface area contributed by atoms with Crippen molar-refractivity contribution in [2.24, 2.45) is 11.7 Å². The van der Waals surface area contributed by atoms with E-state index in [0.717, 1.165) is 25.3 Å². The van der Waals surface area contributed by atoms with Gasteiger partial charge in [0.2, 0.25) is 0 Å². The van der Waals surface area contributed by atoms with E-state index in [1.165, 1.54) is 12.8 Å². The molecule has 60 valence electrons. The summed E-state index contributed by atoms with van der Waals surface area (Å²) in [6, 6.07) is 0. The molecule has 0 spiro atoms. The van der Waals surface area contributed by atoms with E-state index in [1.54, 1.807) is 0 Å². The quantitative estimate of drug-likeness (QED) is 0.446. The van der Waals surface area contributed by atoms with Gasteiger partial charge in [0.15, 0.2) is 0 Å². The van der Waals surface area contributed by atoms with Crippen LogP contribution in [0.15, 0.2) is 12.7 Å². The van der Waals surface area contributed by atoms with Gasteiger partial charge in [-0.05, 0) is 31.7 Å². The molecule has 1 unspecified atom stereocenters. The Kier molecular flexibility index (Phi) is 6.61. The maximum atomic E-state index is 5.41. The second kappa shape index (κ2) is 6.81. The molecule has 0 aromatic carbocycles. The molecule has 0 aliphatic rings. The van der Waals surface area contributed by atoms with Crippen LogP contribution in [0.1, 0.15) is 32.6 Å². The van der Waals surface area contributed by atoms with Crippen LogP contribution in [0, 0.1) is 5.92 Å². The smallest absolute Gasteiger partial charge is 0.00747 e. The molecule has 0 saturated carbocycles. The molecular formula is C9H19N. The molecule has 0 aromatic heterocycles. The Morgan fingerprint density at radius 3 is 2.70 bits per heavy atom. The second-order valence-electron chi connectivity index (χ2n) is 2.90. The zero-order valence-corrected chi connectivity index (χ0v) is 6.97. The molecule has 0 fully saturated rings. The van der Waals surface area contributed by atoms with E-state index in [1.807, 2.05) is 6.08 Å². The van der Waals surface area contributed by atoms with Crippen molar-refractivity contribution in [3.63, 3.8) is 0 Å². The Balaban J connectivity index is 3.04. The third-order valence-electron chi connectivity index (χ3n) is 1.76. The van der Waals surface area contributed by atoms with Gasteiger partial charge in [0.25, 0.3) is 0 Å². The zero-order chi connectivity index (χ0) is 7.82. The zero-order valence-electron chi connectivity index (χ0n) is 6.97. The SMILES string of the molecule is C=CCCCC(C)CCN. The monoisotopic (exact) mass is 141 g/mol. The lowest BCUT2D eigenvalue weighted by Crippen LogP contribution is -2.05. The topological polar surface area (TPSA) is 26.0 Å². The minimum atomic E-state index is 0.796. The lowest BCUT2D eigenvalue weighted by molar-refractivity contribution is 0.483. The highest BCUT2D eigenvalue weighted by Crippen LogP contribution is 2.10. The highest BCUT2D eigenvalue weighted by atomic mass is 14.5. The molecule has 0 saturated heterocycles. The van der Waals surface area contributed by atoms with E-state index in [9.17, 15) is 0 Å². The summed E-state index contributed by atoms with van der Waals surface area (Å²) in [6.07, 6.45) is 6.86. The predicted octanol–water partition coefficient (Wildman–Crippen LogP) is 2.33. The summed E-state index contributed by atoms with van der Waals surface area (Å²) in [7, 11) is 0. The van der Waals surface area contributed by atoms with Crippen LogP contribution in [-0.2, 0) is 0 Å². The van der Waals surface area contributed by atoms with Crippen LogP contribution in [0.3, 0.4) is 0 Å². The molecule has 1 heteroatoms. The first-order chi connectivity index (χ1) is 4.81. The summed E-state index contributed by atoms with van der Waals surface area (Å²) in [6.45, 7) is 6.77. The van der Waals surface area contributed by atoms with Gasteiger partial charge < -0.3 is 5.73 Å². The number of hydrogen-bond acceptors (Lipinski definition) is 1. The van der Waals surface area contributed by atoms with Gasteiger partial charge in [-0.3, -0.25) is 0 Å². The Bertz CT molecular complexity index is 78.8. The van der Waals surface area contributed by atoms with E-state index in [-0.39, 0.29) is 0 Å². The first-order valence-corrected chi connectivity index (χ1v) is 4.12. The predicted molar refractivity (Wildman–Crippen MR) is 46.9 cm³/mol. The molecule has 10 heavy (non-hydrogen) atoms. The number of nitrogens with two attached hydrogens (primary N) is 1. The molecule has 1 nitrogen and oxygen atoms in total. The fraction of sp³-hybridized carbons (Fsp3) is 0.778. The molecule has 0 rings (SSSR count). The standard InChI is InChI=1S/C9H19N/c1-3-4-5-6-9(2)7-8-10/h3,9H,1,4-8,10H2,2H3. The highest BCUT2D eigenvalue weighted by Gasteiger charge is 1.98. The van der Waals surface area contributed by atoms with Gasteiger partial charge in [0.1, 0.15) is 0 Å². The Labute approximate surface area is 64.3 Å². The highest BCUT2D eigenvalue weighted by molar-refractivity contribution is 4.66. The summed E-state index contributed by atoms with van der Waals surface area (Å²) in [5.74, 6) is 0.796. The van der Waals surface area contributed by atoms with Crippen LogP contribution < -0.4 is 5.73 Å². The summed E-state index contributed by atoms with van der Waals surface area (Å²) in [4.78, 5) is 0. The largest absolute Gasteiger partial charge is 0.330 e. The minimum Gasteiger partial charge on any atom is -0.330 e. The van der Waals surface area contributed by atoms with E-state index in [4.69, 9.17) is 5.73 Å². The first kappa shape index (κ1) is 9.70. The van der Waals surface area contributed by atoms with Crippen molar-refractivity contribution in [2.45, 2.75) is 32.6 Å². The van der Waals surface area contributed by atoms with E-state index in [2.05, 4.69) is 13.5 Å². The molecule has 0 radical (unpaired) electrons. The van der Waals surface area contributed by atoms with E-state index < -0.39 is 0 Å². The molecule has 0 aliphatic carbocycles. The summed E-state index contributed by atoms with van der Waals surface area (Å²) in [5, 5.41) is 0. The van der Waals surface area contributed by atoms with Crippen molar-refractivity contribution in [3.8, 4) is 0 Å². The molecule has 1 atom stereocenters. The van der Waals surface area contributed by atoms with Gasteiger partial charge in [0, 0.05) is 0 Å².